The number of amides is 2. The van der Waals surface area contributed by atoms with Crippen molar-refractivity contribution in [1.82, 2.24) is 0 Å². The third-order valence-electron chi connectivity index (χ3n) is 4.53. The van der Waals surface area contributed by atoms with E-state index in [0.29, 0.717) is 34.9 Å². The van der Waals surface area contributed by atoms with Crippen molar-refractivity contribution in [2.24, 2.45) is 0 Å². The number of imide groups is 1. The normalized spacial score (nSPS) is 13.6. The minimum Gasteiger partial charge on any atom is -0.494 e. The van der Waals surface area contributed by atoms with Gasteiger partial charge in [0.05, 0.1) is 25.0 Å². The van der Waals surface area contributed by atoms with Gasteiger partial charge in [0.2, 0.25) is 0 Å². The molecule has 0 unspecified atom stereocenters. The van der Waals surface area contributed by atoms with E-state index < -0.39 is 17.8 Å². The largest absolute Gasteiger partial charge is 0.494 e. The van der Waals surface area contributed by atoms with Gasteiger partial charge in [0.1, 0.15) is 16.5 Å². The first-order chi connectivity index (χ1) is 14.8. The summed E-state index contributed by atoms with van der Waals surface area (Å²) in [6.45, 7) is 3.94. The molecule has 9 heteroatoms. The van der Waals surface area contributed by atoms with Crippen molar-refractivity contribution in [2.75, 3.05) is 23.9 Å². The molecule has 3 rings (SSSR count). The molecule has 1 N–H and O–H groups in total. The van der Waals surface area contributed by atoms with Gasteiger partial charge in [0.15, 0.2) is 0 Å². The van der Waals surface area contributed by atoms with E-state index in [0.717, 1.165) is 4.90 Å². The summed E-state index contributed by atoms with van der Waals surface area (Å²) in [4.78, 5) is 38.9. The number of hydrogen-bond donors (Lipinski definition) is 1. The Morgan fingerprint density at radius 3 is 2.55 bits per heavy atom. The van der Waals surface area contributed by atoms with Crippen LogP contribution in [-0.4, -0.2) is 31.5 Å². The number of carbonyl (C=O) groups excluding carboxylic acids is 3. The highest BCUT2D eigenvalue weighted by Crippen LogP contribution is 2.38. The van der Waals surface area contributed by atoms with Crippen molar-refractivity contribution in [3.8, 4) is 5.75 Å². The fraction of sp³-hybridized carbons (Fsp3) is 0.227. The number of ether oxygens (including phenoxy) is 2. The van der Waals surface area contributed by atoms with E-state index in [1.165, 1.54) is 19.2 Å². The van der Waals surface area contributed by atoms with Crippen molar-refractivity contribution in [3.05, 3.63) is 63.3 Å². The summed E-state index contributed by atoms with van der Waals surface area (Å²) in [6.07, 6.45) is 0.701. The molecule has 0 atom stereocenters. The summed E-state index contributed by atoms with van der Waals surface area (Å²) < 4.78 is 10.4. The Morgan fingerprint density at radius 2 is 1.87 bits per heavy atom. The molecular weight excluding hydrogens is 443 g/mol. The van der Waals surface area contributed by atoms with Crippen molar-refractivity contribution in [2.45, 2.75) is 20.3 Å². The second-order valence-corrected chi connectivity index (χ2v) is 7.53. The molecule has 0 saturated carbocycles. The van der Waals surface area contributed by atoms with Crippen molar-refractivity contribution < 1.29 is 23.9 Å². The van der Waals surface area contributed by atoms with Gasteiger partial charge < -0.3 is 14.8 Å². The van der Waals surface area contributed by atoms with Gasteiger partial charge in [-0.15, -0.1) is 0 Å². The highest BCUT2D eigenvalue weighted by molar-refractivity contribution is 6.53. The first-order valence-electron chi connectivity index (χ1n) is 9.45. The summed E-state index contributed by atoms with van der Waals surface area (Å²) in [5.41, 5.74) is 1.49. The number of rotatable bonds is 7. The van der Waals surface area contributed by atoms with Gasteiger partial charge >= 0.3 is 5.97 Å². The molecule has 0 saturated heterocycles. The van der Waals surface area contributed by atoms with Crippen LogP contribution in [0.4, 0.5) is 11.4 Å². The number of anilines is 2. The van der Waals surface area contributed by atoms with E-state index in [-0.39, 0.29) is 22.2 Å². The molecule has 0 aliphatic carbocycles. The molecule has 1 heterocycles. The van der Waals surface area contributed by atoms with E-state index >= 15 is 0 Å². The number of hydrogen-bond acceptors (Lipinski definition) is 6. The zero-order valence-corrected chi connectivity index (χ0v) is 18.6. The van der Waals surface area contributed by atoms with Crippen LogP contribution in [0.15, 0.2) is 47.1 Å². The van der Waals surface area contributed by atoms with Gasteiger partial charge in [0, 0.05) is 16.8 Å². The standard InChI is InChI=1S/C22H20Cl2N2O5/c1-4-8-31-22(29)13-6-5-7-14(10-13)25-19-18(24)20(27)26(21(19)28)16-9-12(2)15(23)11-17(16)30-3/h5-7,9-11,25H,4,8H2,1-3H3. The maximum absolute atomic E-state index is 13.1. The average Bonchev–Trinajstić information content (AvgIpc) is 2.97. The summed E-state index contributed by atoms with van der Waals surface area (Å²) in [5.74, 6) is -1.59. The number of methoxy groups -OCH3 is 1. The van der Waals surface area contributed by atoms with Gasteiger partial charge in [-0.05, 0) is 43.2 Å². The molecule has 0 bridgehead atoms. The lowest BCUT2D eigenvalue weighted by atomic mass is 10.2. The molecule has 0 fully saturated rings. The quantitative estimate of drug-likeness (QED) is 0.475. The van der Waals surface area contributed by atoms with Gasteiger partial charge in [-0.2, -0.15) is 0 Å². The second-order valence-electron chi connectivity index (χ2n) is 6.75. The number of benzene rings is 2. The number of carbonyl (C=O) groups is 3. The summed E-state index contributed by atoms with van der Waals surface area (Å²) in [7, 11) is 1.41. The Morgan fingerprint density at radius 1 is 1.13 bits per heavy atom. The molecule has 0 radical (unpaired) electrons. The van der Waals surface area contributed by atoms with Crippen LogP contribution >= 0.6 is 23.2 Å². The number of halogens is 2. The van der Waals surface area contributed by atoms with Gasteiger partial charge in [-0.25, -0.2) is 9.69 Å². The Balaban J connectivity index is 1.90. The van der Waals surface area contributed by atoms with Gasteiger partial charge in [-0.1, -0.05) is 36.2 Å². The van der Waals surface area contributed by atoms with E-state index in [9.17, 15) is 14.4 Å². The Kier molecular flexibility index (Phi) is 6.87. The maximum atomic E-state index is 13.1. The highest BCUT2D eigenvalue weighted by atomic mass is 35.5. The molecule has 1 aliphatic heterocycles. The molecule has 7 nitrogen and oxygen atoms in total. The van der Waals surface area contributed by atoms with Crippen LogP contribution in [0.3, 0.4) is 0 Å². The molecule has 162 valence electrons. The molecule has 2 amide bonds. The van der Waals surface area contributed by atoms with Crippen molar-refractivity contribution in [3.63, 3.8) is 0 Å². The van der Waals surface area contributed by atoms with E-state index in [1.54, 1.807) is 31.2 Å². The summed E-state index contributed by atoms with van der Waals surface area (Å²) in [6, 6.07) is 9.48. The number of nitrogens with one attached hydrogen (secondary N) is 1. The molecule has 0 spiro atoms. The fourth-order valence-electron chi connectivity index (χ4n) is 2.96. The Hall–Kier alpha value is -3.03. The minimum absolute atomic E-state index is 0.111. The topological polar surface area (TPSA) is 84.9 Å². The molecule has 1 aliphatic rings. The van der Waals surface area contributed by atoms with Crippen LogP contribution in [0.2, 0.25) is 5.02 Å². The number of nitrogens with zero attached hydrogens (tertiary/aromatic N) is 1. The highest BCUT2D eigenvalue weighted by Gasteiger charge is 2.40. The predicted molar refractivity (Wildman–Crippen MR) is 119 cm³/mol. The van der Waals surface area contributed by atoms with Crippen LogP contribution in [-0.2, 0) is 14.3 Å². The third-order valence-corrected chi connectivity index (χ3v) is 5.29. The average molecular weight is 463 g/mol. The molecule has 31 heavy (non-hydrogen) atoms. The van der Waals surface area contributed by atoms with E-state index in [1.807, 2.05) is 6.92 Å². The van der Waals surface area contributed by atoms with Crippen LogP contribution in [0.1, 0.15) is 29.3 Å². The van der Waals surface area contributed by atoms with Crippen LogP contribution < -0.4 is 15.0 Å². The van der Waals surface area contributed by atoms with E-state index in [2.05, 4.69) is 5.32 Å². The predicted octanol–water partition coefficient (Wildman–Crippen LogP) is 4.66. The zero-order chi connectivity index (χ0) is 22.7. The smallest absolute Gasteiger partial charge is 0.338 e. The van der Waals surface area contributed by atoms with Crippen molar-refractivity contribution in [1.29, 1.82) is 0 Å². The lowest BCUT2D eigenvalue weighted by molar-refractivity contribution is -0.120. The van der Waals surface area contributed by atoms with Crippen LogP contribution in [0, 0.1) is 6.92 Å². The summed E-state index contributed by atoms with van der Waals surface area (Å²) in [5, 5.41) is 3.00. The maximum Gasteiger partial charge on any atom is 0.338 e. The molecular formula is C22H20Cl2N2O5. The lowest BCUT2D eigenvalue weighted by Crippen LogP contribution is -2.32. The van der Waals surface area contributed by atoms with Crippen molar-refractivity contribution >= 4 is 52.4 Å². The Labute approximate surface area is 189 Å². The molecule has 0 aromatic heterocycles. The van der Waals surface area contributed by atoms with Gasteiger partial charge in [-0.3, -0.25) is 9.59 Å². The van der Waals surface area contributed by atoms with Crippen LogP contribution in [0.25, 0.3) is 0 Å². The molecule has 2 aromatic rings. The number of esters is 1. The lowest BCUT2D eigenvalue weighted by Gasteiger charge is -2.19. The molecule has 2 aromatic carbocycles. The van der Waals surface area contributed by atoms with Crippen LogP contribution in [0.5, 0.6) is 5.75 Å². The first-order valence-corrected chi connectivity index (χ1v) is 10.2. The first kappa shape index (κ1) is 22.7. The number of aryl methyl sites for hydroxylation is 1. The second kappa shape index (κ2) is 9.41. The van der Waals surface area contributed by atoms with Gasteiger partial charge in [0.25, 0.3) is 11.8 Å². The third kappa shape index (κ3) is 4.52. The monoisotopic (exact) mass is 462 g/mol. The minimum atomic E-state index is -0.701. The fourth-order valence-corrected chi connectivity index (χ4v) is 3.33. The Bertz CT molecular complexity index is 1100. The SMILES string of the molecule is CCCOC(=O)c1cccc(NC2=C(Cl)C(=O)N(c3cc(C)c(Cl)cc3OC)C2=O)c1. The summed E-state index contributed by atoms with van der Waals surface area (Å²) >= 11 is 12.3. The zero-order valence-electron chi connectivity index (χ0n) is 17.1. The van der Waals surface area contributed by atoms with E-state index in [4.69, 9.17) is 32.7 Å².